The summed E-state index contributed by atoms with van der Waals surface area (Å²) in [4.78, 5) is 29.9. The van der Waals surface area contributed by atoms with Crippen LogP contribution in [-0.4, -0.2) is 44.6 Å². The average Bonchev–Trinajstić information content (AvgIpc) is 1.96. The summed E-state index contributed by atoms with van der Waals surface area (Å²) in [7, 11) is -4.54. The number of nitrogens with one attached hydrogen (secondary N) is 1. The highest BCUT2D eigenvalue weighted by Gasteiger charge is 2.15. The van der Waals surface area contributed by atoms with Crippen LogP contribution in [0.4, 0.5) is 0 Å². The van der Waals surface area contributed by atoms with Gasteiger partial charge < -0.3 is 25.7 Å². The third-order valence-electron chi connectivity index (χ3n) is 0.980. The molecule has 82 valence electrons. The lowest BCUT2D eigenvalue weighted by Gasteiger charge is -2.07. The largest absolute Gasteiger partial charge is 0.479 e. The van der Waals surface area contributed by atoms with Crippen LogP contribution >= 0.6 is 7.75 Å². The highest BCUT2D eigenvalue weighted by atomic mass is 31.2. The van der Waals surface area contributed by atoms with Crippen molar-refractivity contribution in [1.29, 1.82) is 0 Å². The number of nitrogens with two attached hydrogens (primary N) is 1. The summed E-state index contributed by atoms with van der Waals surface area (Å²) in [5, 5.41) is 18.4. The molecule has 0 aliphatic rings. The zero-order chi connectivity index (χ0) is 11.4. The maximum absolute atomic E-state index is 10.3. The van der Waals surface area contributed by atoms with E-state index < -0.39 is 32.3 Å². The Kier molecular flexibility index (Phi) is 4.51. The van der Waals surface area contributed by atoms with Gasteiger partial charge in [0.2, 0.25) is 0 Å². The number of rotatable bonds is 4. The molecule has 0 bridgehead atoms. The van der Waals surface area contributed by atoms with E-state index in [0.29, 0.717) is 0 Å². The minimum atomic E-state index is -4.54. The van der Waals surface area contributed by atoms with Crippen LogP contribution in [0, 0.1) is 0 Å². The van der Waals surface area contributed by atoms with Crippen molar-refractivity contribution in [2.45, 2.75) is 6.10 Å². The molecular weight excluding hydrogens is 217 g/mol. The summed E-state index contributed by atoms with van der Waals surface area (Å²) in [5.74, 6) is -2.14. The second kappa shape index (κ2) is 4.91. The van der Waals surface area contributed by atoms with Gasteiger partial charge in [-0.05, 0) is 0 Å². The minimum absolute atomic E-state index is 0.589. The van der Waals surface area contributed by atoms with Crippen molar-refractivity contribution in [3.63, 3.8) is 0 Å². The van der Waals surface area contributed by atoms with Gasteiger partial charge in [-0.3, -0.25) is 5.09 Å². The Balaban J connectivity index is 4.14. The first kappa shape index (κ1) is 12.8. The number of hydrogen-bond donors (Lipinski definition) is 6. The molecule has 1 atom stereocenters. The number of nitrogens with zero attached hydrogens (tertiary/aromatic N) is 1. The molecule has 0 saturated carbocycles. The number of aliphatic imine (C=N–C) groups is 1. The van der Waals surface area contributed by atoms with Gasteiger partial charge >= 0.3 is 13.7 Å². The van der Waals surface area contributed by atoms with Crippen LogP contribution in [0.5, 0.6) is 0 Å². The van der Waals surface area contributed by atoms with E-state index in [4.69, 9.17) is 25.7 Å². The Morgan fingerprint density at radius 3 is 2.43 bits per heavy atom. The first-order valence-corrected chi connectivity index (χ1v) is 4.88. The second-order valence-corrected chi connectivity index (χ2v) is 3.55. The van der Waals surface area contributed by atoms with E-state index in [0.717, 1.165) is 0 Å². The summed E-state index contributed by atoms with van der Waals surface area (Å²) in [5.41, 5.74) is 4.95. The van der Waals surface area contributed by atoms with E-state index in [1.54, 1.807) is 0 Å². The second-order valence-electron chi connectivity index (χ2n) is 2.24. The summed E-state index contributed by atoms with van der Waals surface area (Å²) in [6.45, 7) is -0.589. The normalized spacial score (nSPS) is 14.9. The molecule has 9 nitrogen and oxygen atoms in total. The number of aliphatic hydroxyl groups excluding tert-OH is 1. The van der Waals surface area contributed by atoms with Crippen LogP contribution in [-0.2, 0) is 9.36 Å². The van der Waals surface area contributed by atoms with Crippen LogP contribution in [0.15, 0.2) is 4.99 Å². The molecule has 10 heteroatoms. The summed E-state index contributed by atoms with van der Waals surface area (Å²) in [6, 6.07) is 0. The Hall–Kier alpha value is -1.15. The van der Waals surface area contributed by atoms with Gasteiger partial charge in [-0.2, -0.15) is 0 Å². The number of aliphatic carboxylic acids is 1. The fraction of sp³-hybridized carbons (Fsp3) is 0.500. The van der Waals surface area contributed by atoms with E-state index in [1.165, 1.54) is 5.09 Å². The highest BCUT2D eigenvalue weighted by molar-refractivity contribution is 7.50. The van der Waals surface area contributed by atoms with Crippen molar-refractivity contribution >= 4 is 19.7 Å². The quantitative estimate of drug-likeness (QED) is 0.173. The number of carbonyl (C=O) groups is 1. The molecule has 0 aromatic carbocycles. The third kappa shape index (κ3) is 6.38. The monoisotopic (exact) mass is 227 g/mol. The molecule has 1 unspecified atom stereocenters. The lowest BCUT2D eigenvalue weighted by molar-refractivity contribution is -0.145. The van der Waals surface area contributed by atoms with E-state index in [2.05, 4.69) is 4.99 Å². The average molecular weight is 227 g/mol. The molecule has 0 radical (unpaired) electrons. The van der Waals surface area contributed by atoms with Crippen molar-refractivity contribution in [2.24, 2.45) is 10.7 Å². The summed E-state index contributed by atoms with van der Waals surface area (Å²) < 4.78 is 10.3. The Bertz CT molecular complexity index is 285. The fourth-order valence-corrected chi connectivity index (χ4v) is 0.817. The molecule has 14 heavy (non-hydrogen) atoms. The predicted molar refractivity (Wildman–Crippen MR) is 45.3 cm³/mol. The molecule has 0 aliphatic heterocycles. The van der Waals surface area contributed by atoms with Crippen molar-refractivity contribution in [2.75, 3.05) is 6.54 Å². The molecule has 0 spiro atoms. The first-order valence-electron chi connectivity index (χ1n) is 3.27. The Labute approximate surface area is 78.5 Å². The van der Waals surface area contributed by atoms with Crippen LogP contribution < -0.4 is 10.8 Å². The molecule has 0 amide bonds. The Morgan fingerprint density at radius 1 is 1.57 bits per heavy atom. The van der Waals surface area contributed by atoms with E-state index in [9.17, 15) is 9.36 Å². The van der Waals surface area contributed by atoms with Crippen molar-refractivity contribution in [1.82, 2.24) is 5.09 Å². The molecule has 7 N–H and O–H groups in total. The minimum Gasteiger partial charge on any atom is -0.479 e. The van der Waals surface area contributed by atoms with Gasteiger partial charge in [0.25, 0.3) is 0 Å². The summed E-state index contributed by atoms with van der Waals surface area (Å²) in [6.07, 6.45) is -1.76. The van der Waals surface area contributed by atoms with Gasteiger partial charge in [-0.1, -0.05) is 0 Å². The predicted octanol–water partition coefficient (Wildman–Crippen LogP) is -2.57. The fourth-order valence-electron chi connectivity index (χ4n) is 0.447. The van der Waals surface area contributed by atoms with Gasteiger partial charge in [0.05, 0.1) is 6.54 Å². The lowest BCUT2D eigenvalue weighted by Crippen LogP contribution is -2.31. The lowest BCUT2D eigenvalue weighted by atomic mass is 10.4. The Morgan fingerprint density at radius 2 is 2.07 bits per heavy atom. The topological polar surface area (TPSA) is 165 Å². The molecule has 0 saturated heterocycles. The maximum atomic E-state index is 10.3. The summed E-state index contributed by atoms with van der Waals surface area (Å²) >= 11 is 0. The molecule has 0 rings (SSSR count). The van der Waals surface area contributed by atoms with E-state index in [-0.39, 0.29) is 0 Å². The standard InChI is InChI=1S/C4H10N3O6P/c5-4(7-14(11,12)13)6-1-2(8)3(9)10/h2,8H,1H2,(H,9,10)(H5,5,6,7,11,12,13). The molecule has 0 aromatic heterocycles. The number of carboxylic acid groups (broad SMARTS) is 1. The van der Waals surface area contributed by atoms with Gasteiger partial charge in [0, 0.05) is 0 Å². The number of aliphatic hydroxyl groups is 1. The maximum Gasteiger partial charge on any atom is 0.429 e. The molecule has 0 aliphatic carbocycles. The van der Waals surface area contributed by atoms with Gasteiger partial charge in [0.1, 0.15) is 0 Å². The van der Waals surface area contributed by atoms with Crippen LogP contribution in [0.1, 0.15) is 0 Å². The van der Waals surface area contributed by atoms with Gasteiger partial charge in [-0.15, -0.1) is 0 Å². The van der Waals surface area contributed by atoms with E-state index in [1.807, 2.05) is 0 Å². The number of guanidine groups is 1. The molecular formula is C4H10N3O6P. The van der Waals surface area contributed by atoms with Crippen molar-refractivity contribution in [3.8, 4) is 0 Å². The van der Waals surface area contributed by atoms with Crippen LogP contribution in [0.3, 0.4) is 0 Å². The van der Waals surface area contributed by atoms with Crippen molar-refractivity contribution in [3.05, 3.63) is 0 Å². The van der Waals surface area contributed by atoms with E-state index >= 15 is 0 Å². The van der Waals surface area contributed by atoms with Crippen LogP contribution in [0.25, 0.3) is 0 Å². The first-order chi connectivity index (χ1) is 6.22. The molecule has 0 fully saturated rings. The van der Waals surface area contributed by atoms with Crippen molar-refractivity contribution < 1.29 is 29.4 Å². The van der Waals surface area contributed by atoms with Gasteiger partial charge in [0.15, 0.2) is 12.1 Å². The third-order valence-corrected chi connectivity index (χ3v) is 1.50. The van der Waals surface area contributed by atoms with Crippen LogP contribution in [0.2, 0.25) is 0 Å². The number of hydrogen-bond acceptors (Lipinski definition) is 4. The zero-order valence-corrected chi connectivity index (χ0v) is 7.76. The smallest absolute Gasteiger partial charge is 0.429 e. The SMILES string of the molecule is NC(=NCC(O)C(=O)O)NP(=O)(O)O. The van der Waals surface area contributed by atoms with Gasteiger partial charge in [-0.25, -0.2) is 14.4 Å². The number of carboxylic acids is 1. The zero-order valence-electron chi connectivity index (χ0n) is 6.86. The molecule has 0 aromatic rings. The highest BCUT2D eigenvalue weighted by Crippen LogP contribution is 2.27. The molecule has 0 heterocycles.